The lowest BCUT2D eigenvalue weighted by Gasteiger charge is -2.33. The Labute approximate surface area is 245 Å². The quantitative estimate of drug-likeness (QED) is 0.237. The number of nitrogens with zero attached hydrogens (tertiary/aromatic N) is 2. The first kappa shape index (κ1) is 31.9. The molecule has 0 aliphatic heterocycles. The van der Waals surface area contributed by atoms with Crippen LogP contribution in [0.1, 0.15) is 69.6 Å². The van der Waals surface area contributed by atoms with Crippen LogP contribution in [0.2, 0.25) is 0 Å². The molecule has 7 nitrogen and oxygen atoms in total. The highest BCUT2D eigenvalue weighted by molar-refractivity contribution is 7.92. The van der Waals surface area contributed by atoms with Crippen LogP contribution in [-0.2, 0) is 26.2 Å². The van der Waals surface area contributed by atoms with Gasteiger partial charge in [-0.1, -0.05) is 94.3 Å². The molecule has 0 heterocycles. The number of anilines is 1. The molecule has 0 fully saturated rings. The fourth-order valence-electron chi connectivity index (χ4n) is 4.60. The van der Waals surface area contributed by atoms with Gasteiger partial charge < -0.3 is 10.2 Å². The van der Waals surface area contributed by atoms with Gasteiger partial charge in [-0.3, -0.25) is 13.9 Å². The molecule has 0 saturated heterocycles. The zero-order valence-corrected chi connectivity index (χ0v) is 25.7. The van der Waals surface area contributed by atoms with Gasteiger partial charge in [-0.05, 0) is 61.1 Å². The molecule has 1 atom stereocenters. The van der Waals surface area contributed by atoms with Crippen LogP contribution in [0.5, 0.6) is 0 Å². The largest absolute Gasteiger partial charge is 0.354 e. The van der Waals surface area contributed by atoms with E-state index in [9.17, 15) is 18.0 Å². The van der Waals surface area contributed by atoms with E-state index >= 15 is 0 Å². The van der Waals surface area contributed by atoms with Crippen molar-refractivity contribution in [3.05, 3.63) is 95.6 Å². The van der Waals surface area contributed by atoms with Crippen molar-refractivity contribution in [3.63, 3.8) is 0 Å². The average Bonchev–Trinajstić information content (AvgIpc) is 2.96. The van der Waals surface area contributed by atoms with Crippen molar-refractivity contribution in [3.8, 4) is 0 Å². The summed E-state index contributed by atoms with van der Waals surface area (Å²) in [4.78, 5) is 29.0. The number of benzene rings is 3. The number of hydrogen-bond acceptors (Lipinski definition) is 4. The molecule has 2 amide bonds. The van der Waals surface area contributed by atoms with E-state index in [0.717, 1.165) is 33.8 Å². The van der Waals surface area contributed by atoms with Gasteiger partial charge in [0.05, 0.1) is 10.6 Å². The summed E-state index contributed by atoms with van der Waals surface area (Å²) in [6.45, 7) is 10.2. The molecular formula is C33H43N3O4S. The summed E-state index contributed by atoms with van der Waals surface area (Å²) in [5, 5.41) is 2.95. The summed E-state index contributed by atoms with van der Waals surface area (Å²) in [7, 11) is -4.09. The van der Waals surface area contributed by atoms with Crippen LogP contribution in [0.15, 0.2) is 83.8 Å². The monoisotopic (exact) mass is 577 g/mol. The predicted molar refractivity (Wildman–Crippen MR) is 165 cm³/mol. The minimum Gasteiger partial charge on any atom is -0.354 e. The van der Waals surface area contributed by atoms with Crippen molar-refractivity contribution in [2.24, 2.45) is 0 Å². The number of carbonyl (C=O) groups is 2. The summed E-state index contributed by atoms with van der Waals surface area (Å²) in [6, 6.07) is 22.6. The Kier molecular flexibility index (Phi) is 11.5. The summed E-state index contributed by atoms with van der Waals surface area (Å²) in [6.07, 6.45) is 2.17. The van der Waals surface area contributed by atoms with E-state index in [2.05, 4.69) is 19.2 Å². The molecule has 0 spiro atoms. The molecule has 3 aromatic carbocycles. The fourth-order valence-corrected chi connectivity index (χ4v) is 6.01. The van der Waals surface area contributed by atoms with Crippen molar-refractivity contribution < 1.29 is 18.0 Å². The molecule has 220 valence electrons. The highest BCUT2D eigenvalue weighted by Gasteiger charge is 2.33. The number of carbonyl (C=O) groups excluding carboxylic acids is 2. The van der Waals surface area contributed by atoms with Gasteiger partial charge in [0.2, 0.25) is 11.8 Å². The van der Waals surface area contributed by atoms with Gasteiger partial charge in [0.15, 0.2) is 0 Å². The number of hydrogen-bond donors (Lipinski definition) is 1. The fraction of sp³-hybridized carbons (Fsp3) is 0.394. The van der Waals surface area contributed by atoms with Gasteiger partial charge in [0.25, 0.3) is 10.0 Å². The topological polar surface area (TPSA) is 86.8 Å². The normalized spacial score (nSPS) is 12.1. The van der Waals surface area contributed by atoms with E-state index in [4.69, 9.17) is 0 Å². The number of amides is 2. The third-order valence-corrected chi connectivity index (χ3v) is 8.93. The highest BCUT2D eigenvalue weighted by Crippen LogP contribution is 2.27. The first-order chi connectivity index (χ1) is 19.6. The Morgan fingerprint density at radius 2 is 1.51 bits per heavy atom. The summed E-state index contributed by atoms with van der Waals surface area (Å²) in [5.41, 5.74) is 3.24. The molecule has 0 saturated carbocycles. The van der Waals surface area contributed by atoms with Crippen molar-refractivity contribution >= 4 is 27.5 Å². The van der Waals surface area contributed by atoms with Crippen LogP contribution in [0, 0.1) is 6.92 Å². The number of rotatable bonds is 14. The summed E-state index contributed by atoms with van der Waals surface area (Å²) in [5.74, 6) is -0.417. The minimum atomic E-state index is -4.09. The zero-order chi connectivity index (χ0) is 30.0. The smallest absolute Gasteiger partial charge is 0.264 e. The van der Waals surface area contributed by atoms with E-state index < -0.39 is 28.5 Å². The standard InChI is InChI=1S/C33H43N3O4S/c1-6-8-22-34-33(38)31(7-2)35(23-27-12-10-9-11-13-27)32(37)24-36(29-18-16-28(17-19-29)25(3)4)41(39,40)30-20-14-26(5)15-21-30/h9-21,25,31H,6-8,22-24H2,1-5H3,(H,34,38)/t31-/m1/s1. The Morgan fingerprint density at radius 1 is 0.878 bits per heavy atom. The molecule has 1 N–H and O–H groups in total. The first-order valence-corrected chi connectivity index (χ1v) is 15.8. The van der Waals surface area contributed by atoms with E-state index in [-0.39, 0.29) is 23.3 Å². The van der Waals surface area contributed by atoms with E-state index in [0.29, 0.717) is 18.7 Å². The van der Waals surface area contributed by atoms with E-state index in [1.54, 1.807) is 36.4 Å². The lowest BCUT2D eigenvalue weighted by atomic mass is 10.0. The van der Waals surface area contributed by atoms with Gasteiger partial charge in [-0.15, -0.1) is 0 Å². The van der Waals surface area contributed by atoms with E-state index in [1.807, 2.05) is 63.2 Å². The van der Waals surface area contributed by atoms with Crippen molar-refractivity contribution in [1.82, 2.24) is 10.2 Å². The van der Waals surface area contributed by atoms with Crippen molar-refractivity contribution in [2.45, 2.75) is 77.3 Å². The lowest BCUT2D eigenvalue weighted by Crippen LogP contribution is -2.52. The van der Waals surface area contributed by atoms with Crippen LogP contribution in [0.25, 0.3) is 0 Å². The molecule has 0 aliphatic carbocycles. The predicted octanol–water partition coefficient (Wildman–Crippen LogP) is 6.04. The van der Waals surface area contributed by atoms with Crippen molar-refractivity contribution in [2.75, 3.05) is 17.4 Å². The lowest BCUT2D eigenvalue weighted by molar-refractivity contribution is -0.140. The molecule has 3 rings (SSSR count). The minimum absolute atomic E-state index is 0.0998. The number of unbranched alkanes of at least 4 members (excludes halogenated alkanes) is 1. The molecule has 0 aromatic heterocycles. The third-order valence-electron chi connectivity index (χ3n) is 7.15. The number of nitrogens with one attached hydrogen (secondary N) is 1. The molecule has 0 radical (unpaired) electrons. The summed E-state index contributed by atoms with van der Waals surface area (Å²) >= 11 is 0. The summed E-state index contributed by atoms with van der Waals surface area (Å²) < 4.78 is 29.2. The molecule has 41 heavy (non-hydrogen) atoms. The Morgan fingerprint density at radius 3 is 2.07 bits per heavy atom. The second kappa shape index (κ2) is 14.8. The molecule has 8 heteroatoms. The zero-order valence-electron chi connectivity index (χ0n) is 24.8. The maximum absolute atomic E-state index is 14.1. The third kappa shape index (κ3) is 8.43. The first-order valence-electron chi connectivity index (χ1n) is 14.4. The van der Waals surface area contributed by atoms with Crippen molar-refractivity contribution in [1.29, 1.82) is 0 Å². The highest BCUT2D eigenvalue weighted by atomic mass is 32.2. The molecule has 0 aliphatic rings. The Hall–Kier alpha value is -3.65. The Bertz CT molecular complexity index is 1370. The SMILES string of the molecule is CCCCNC(=O)[C@@H](CC)N(Cc1ccccc1)C(=O)CN(c1ccc(C(C)C)cc1)S(=O)(=O)c1ccc(C)cc1. The van der Waals surface area contributed by atoms with Crippen LogP contribution >= 0.6 is 0 Å². The number of sulfonamides is 1. The van der Waals surface area contributed by atoms with Gasteiger partial charge in [-0.25, -0.2) is 8.42 Å². The van der Waals surface area contributed by atoms with Gasteiger partial charge in [0, 0.05) is 13.1 Å². The molecule has 0 bridgehead atoms. The molecule has 0 unspecified atom stereocenters. The number of aryl methyl sites for hydroxylation is 1. The van der Waals surface area contributed by atoms with Crippen LogP contribution in [0.3, 0.4) is 0 Å². The van der Waals surface area contributed by atoms with Gasteiger partial charge in [0.1, 0.15) is 12.6 Å². The molecular weight excluding hydrogens is 534 g/mol. The van der Waals surface area contributed by atoms with Crippen LogP contribution < -0.4 is 9.62 Å². The maximum Gasteiger partial charge on any atom is 0.264 e. The van der Waals surface area contributed by atoms with Crippen LogP contribution in [-0.4, -0.2) is 44.3 Å². The second-order valence-corrected chi connectivity index (χ2v) is 12.5. The maximum atomic E-state index is 14.1. The van der Waals surface area contributed by atoms with Crippen LogP contribution in [0.4, 0.5) is 5.69 Å². The molecule has 3 aromatic rings. The van der Waals surface area contributed by atoms with Gasteiger partial charge in [-0.2, -0.15) is 0 Å². The van der Waals surface area contributed by atoms with E-state index in [1.165, 1.54) is 4.90 Å². The average molecular weight is 578 g/mol. The Balaban J connectivity index is 2.03. The second-order valence-electron chi connectivity index (χ2n) is 10.6. The van der Waals surface area contributed by atoms with Gasteiger partial charge >= 0.3 is 0 Å².